The van der Waals surface area contributed by atoms with Gasteiger partial charge in [0.2, 0.25) is 0 Å². The molecule has 5 heteroatoms. The second-order valence-corrected chi connectivity index (χ2v) is 3.77. The Bertz CT molecular complexity index is 410. The predicted octanol–water partition coefficient (Wildman–Crippen LogP) is 1.14. The van der Waals surface area contributed by atoms with E-state index in [-0.39, 0.29) is 17.9 Å². The molecule has 1 fully saturated rings. The third kappa shape index (κ3) is 2.93. The van der Waals surface area contributed by atoms with Crippen molar-refractivity contribution in [3.05, 3.63) is 24.0 Å². The number of hydrogen-bond donors (Lipinski definition) is 0. The van der Waals surface area contributed by atoms with Crippen LogP contribution >= 0.6 is 0 Å². The number of nitriles is 1. The van der Waals surface area contributed by atoms with Crippen LogP contribution in [0.25, 0.3) is 0 Å². The zero-order chi connectivity index (χ0) is 12.1. The van der Waals surface area contributed by atoms with Gasteiger partial charge in [-0.1, -0.05) is 0 Å². The fraction of sp³-hybridized carbons (Fsp3) is 0.500. The molecule has 1 aliphatic heterocycles. The zero-order valence-corrected chi connectivity index (χ0v) is 9.63. The summed E-state index contributed by atoms with van der Waals surface area (Å²) in [5.41, 5.74) is 0.288. The molecule has 2 atom stereocenters. The van der Waals surface area contributed by atoms with E-state index in [0.29, 0.717) is 25.6 Å². The van der Waals surface area contributed by atoms with Crippen molar-refractivity contribution in [2.75, 3.05) is 19.8 Å². The van der Waals surface area contributed by atoms with Crippen LogP contribution in [0.4, 0.5) is 0 Å². The maximum Gasteiger partial charge on any atom is 0.182 e. The Morgan fingerprint density at radius 1 is 1.59 bits per heavy atom. The molecule has 1 aliphatic rings. The van der Waals surface area contributed by atoms with E-state index in [1.807, 2.05) is 13.0 Å². The number of hydrogen-bond acceptors (Lipinski definition) is 5. The zero-order valence-electron chi connectivity index (χ0n) is 9.63. The van der Waals surface area contributed by atoms with Crippen molar-refractivity contribution in [3.63, 3.8) is 0 Å². The smallest absolute Gasteiger partial charge is 0.182 e. The number of ether oxygens (including phenoxy) is 3. The van der Waals surface area contributed by atoms with Gasteiger partial charge in [-0.15, -0.1) is 0 Å². The standard InChI is InChI=1S/C12H14N2O3/c1-9(12-8-15-5-6-16-12)17-11-3-2-4-14-10(11)7-13/h2-4,9,12H,5-6,8H2,1H3/t9-,12?/m0/s1. The van der Waals surface area contributed by atoms with Gasteiger partial charge in [0, 0.05) is 6.20 Å². The van der Waals surface area contributed by atoms with E-state index < -0.39 is 0 Å². The second kappa shape index (κ2) is 5.62. The van der Waals surface area contributed by atoms with Crippen LogP contribution in [0.1, 0.15) is 12.6 Å². The van der Waals surface area contributed by atoms with Crippen molar-refractivity contribution >= 4 is 0 Å². The first-order chi connectivity index (χ1) is 8.31. The van der Waals surface area contributed by atoms with E-state index in [2.05, 4.69) is 4.98 Å². The maximum absolute atomic E-state index is 8.89. The number of nitrogens with zero attached hydrogens (tertiary/aromatic N) is 2. The lowest BCUT2D eigenvalue weighted by molar-refractivity contribution is -0.122. The summed E-state index contributed by atoms with van der Waals surface area (Å²) >= 11 is 0. The summed E-state index contributed by atoms with van der Waals surface area (Å²) < 4.78 is 16.5. The van der Waals surface area contributed by atoms with E-state index in [1.165, 1.54) is 0 Å². The molecule has 0 bridgehead atoms. The molecular formula is C12H14N2O3. The Kier molecular flexibility index (Phi) is 3.91. The van der Waals surface area contributed by atoms with Gasteiger partial charge in [-0.25, -0.2) is 4.98 Å². The Labute approximate surface area is 99.9 Å². The summed E-state index contributed by atoms with van der Waals surface area (Å²) in [5, 5.41) is 8.89. The van der Waals surface area contributed by atoms with Gasteiger partial charge < -0.3 is 14.2 Å². The Hall–Kier alpha value is -1.64. The molecule has 1 aromatic heterocycles. The molecule has 1 saturated heterocycles. The quantitative estimate of drug-likeness (QED) is 0.784. The van der Waals surface area contributed by atoms with Crippen LogP contribution in [-0.4, -0.2) is 37.0 Å². The third-order valence-electron chi connectivity index (χ3n) is 2.55. The Morgan fingerprint density at radius 3 is 3.18 bits per heavy atom. The molecule has 0 aromatic carbocycles. The second-order valence-electron chi connectivity index (χ2n) is 3.77. The van der Waals surface area contributed by atoms with Gasteiger partial charge in [0.05, 0.1) is 19.8 Å². The van der Waals surface area contributed by atoms with Gasteiger partial charge in [-0.05, 0) is 19.1 Å². The first-order valence-electron chi connectivity index (χ1n) is 5.52. The predicted molar refractivity (Wildman–Crippen MR) is 59.6 cm³/mol. The summed E-state index contributed by atoms with van der Waals surface area (Å²) in [6, 6.07) is 5.46. The lowest BCUT2D eigenvalue weighted by Crippen LogP contribution is -2.40. The van der Waals surface area contributed by atoms with Gasteiger partial charge in [0.25, 0.3) is 0 Å². The first-order valence-corrected chi connectivity index (χ1v) is 5.52. The highest BCUT2D eigenvalue weighted by Gasteiger charge is 2.23. The summed E-state index contributed by atoms with van der Waals surface area (Å²) in [6.07, 6.45) is 1.29. The van der Waals surface area contributed by atoms with E-state index in [4.69, 9.17) is 19.5 Å². The highest BCUT2D eigenvalue weighted by molar-refractivity contribution is 5.36. The molecule has 90 valence electrons. The average Bonchev–Trinajstić information content (AvgIpc) is 2.40. The van der Waals surface area contributed by atoms with E-state index >= 15 is 0 Å². The minimum Gasteiger partial charge on any atom is -0.485 e. The molecule has 0 amide bonds. The molecule has 0 aliphatic carbocycles. The summed E-state index contributed by atoms with van der Waals surface area (Å²) in [7, 11) is 0. The molecule has 1 unspecified atom stereocenters. The Balaban J connectivity index is 2.02. The molecule has 17 heavy (non-hydrogen) atoms. The van der Waals surface area contributed by atoms with Crippen LogP contribution in [0, 0.1) is 11.3 Å². The number of aromatic nitrogens is 1. The molecule has 0 radical (unpaired) electrons. The van der Waals surface area contributed by atoms with Crippen LogP contribution in [0.5, 0.6) is 5.75 Å². The topological polar surface area (TPSA) is 64.4 Å². The number of rotatable bonds is 3. The fourth-order valence-corrected chi connectivity index (χ4v) is 1.62. The van der Waals surface area contributed by atoms with Gasteiger partial charge in [0.15, 0.2) is 11.4 Å². The van der Waals surface area contributed by atoms with Crippen molar-refractivity contribution in [1.29, 1.82) is 5.26 Å². The van der Waals surface area contributed by atoms with E-state index in [1.54, 1.807) is 18.3 Å². The van der Waals surface area contributed by atoms with Crippen molar-refractivity contribution in [3.8, 4) is 11.8 Å². The van der Waals surface area contributed by atoms with Crippen molar-refractivity contribution in [2.24, 2.45) is 0 Å². The van der Waals surface area contributed by atoms with Crippen LogP contribution in [0.3, 0.4) is 0 Å². The van der Waals surface area contributed by atoms with Crippen LogP contribution in [0.15, 0.2) is 18.3 Å². The maximum atomic E-state index is 8.89. The van der Waals surface area contributed by atoms with Crippen molar-refractivity contribution in [1.82, 2.24) is 4.98 Å². The first kappa shape index (κ1) is 11.8. The van der Waals surface area contributed by atoms with E-state index in [0.717, 1.165) is 0 Å². The highest BCUT2D eigenvalue weighted by Crippen LogP contribution is 2.18. The monoisotopic (exact) mass is 234 g/mol. The summed E-state index contributed by atoms with van der Waals surface area (Å²) in [6.45, 7) is 3.62. The Morgan fingerprint density at radius 2 is 2.47 bits per heavy atom. The molecule has 0 saturated carbocycles. The molecule has 2 rings (SSSR count). The summed E-state index contributed by atoms with van der Waals surface area (Å²) in [5.74, 6) is 0.483. The van der Waals surface area contributed by atoms with Crippen LogP contribution < -0.4 is 4.74 Å². The van der Waals surface area contributed by atoms with Gasteiger partial charge >= 0.3 is 0 Å². The van der Waals surface area contributed by atoms with Gasteiger partial charge in [-0.2, -0.15) is 5.26 Å². The third-order valence-corrected chi connectivity index (χ3v) is 2.55. The molecular weight excluding hydrogens is 220 g/mol. The molecule has 0 N–H and O–H groups in total. The minimum atomic E-state index is -0.174. The largest absolute Gasteiger partial charge is 0.485 e. The minimum absolute atomic E-state index is 0.101. The molecule has 0 spiro atoms. The molecule has 2 heterocycles. The van der Waals surface area contributed by atoms with Crippen LogP contribution in [0.2, 0.25) is 0 Å². The lowest BCUT2D eigenvalue weighted by Gasteiger charge is -2.28. The molecule has 5 nitrogen and oxygen atoms in total. The average molecular weight is 234 g/mol. The fourth-order valence-electron chi connectivity index (χ4n) is 1.62. The van der Waals surface area contributed by atoms with Crippen molar-refractivity contribution in [2.45, 2.75) is 19.1 Å². The van der Waals surface area contributed by atoms with Gasteiger partial charge in [-0.3, -0.25) is 0 Å². The SMILES string of the molecule is C[C@H](Oc1cccnc1C#N)C1COCCO1. The van der Waals surface area contributed by atoms with Gasteiger partial charge in [0.1, 0.15) is 18.3 Å². The number of pyridine rings is 1. The normalized spacial score (nSPS) is 21.5. The lowest BCUT2D eigenvalue weighted by atomic mass is 10.2. The van der Waals surface area contributed by atoms with E-state index in [9.17, 15) is 0 Å². The van der Waals surface area contributed by atoms with Crippen LogP contribution in [-0.2, 0) is 9.47 Å². The molecule has 1 aromatic rings. The highest BCUT2D eigenvalue weighted by atomic mass is 16.6. The summed E-state index contributed by atoms with van der Waals surface area (Å²) in [4.78, 5) is 3.94. The van der Waals surface area contributed by atoms with Crippen molar-refractivity contribution < 1.29 is 14.2 Å².